The highest BCUT2D eigenvalue weighted by Crippen LogP contribution is 2.36. The number of hydrogen-bond acceptors (Lipinski definition) is 2. The molecule has 1 atom stereocenters. The van der Waals surface area contributed by atoms with Gasteiger partial charge in [-0.15, -0.1) is 6.58 Å². The summed E-state index contributed by atoms with van der Waals surface area (Å²) in [5.74, 6) is 0.204. The maximum Gasteiger partial charge on any atom is 0.319 e. The number of nitrogens with zero attached hydrogens (tertiary/aromatic N) is 3. The summed E-state index contributed by atoms with van der Waals surface area (Å²) >= 11 is 0. The number of carbonyl (C=O) groups is 2. The normalized spacial score (nSPS) is 26.8. The van der Waals surface area contributed by atoms with E-state index in [1.165, 1.54) is 0 Å². The van der Waals surface area contributed by atoms with E-state index < -0.39 is 0 Å². The zero-order valence-electron chi connectivity index (χ0n) is 12.6. The highest BCUT2D eigenvalue weighted by molar-refractivity contribution is 5.79. The second kappa shape index (κ2) is 5.85. The Balaban J connectivity index is 2.20. The van der Waals surface area contributed by atoms with Crippen LogP contribution in [0.5, 0.6) is 0 Å². The molecule has 2 aliphatic rings. The first-order chi connectivity index (χ1) is 9.50. The van der Waals surface area contributed by atoms with Gasteiger partial charge in [-0.2, -0.15) is 0 Å². The van der Waals surface area contributed by atoms with Crippen molar-refractivity contribution < 1.29 is 9.59 Å². The number of piperidine rings is 2. The average molecular weight is 279 g/mol. The summed E-state index contributed by atoms with van der Waals surface area (Å²) in [6, 6.07) is 0.0423. The Morgan fingerprint density at radius 3 is 2.75 bits per heavy atom. The average Bonchev–Trinajstić information content (AvgIpc) is 2.42. The number of amides is 3. The quantitative estimate of drug-likeness (QED) is 0.722. The number of likely N-dealkylation sites (tertiary alicyclic amines) is 2. The van der Waals surface area contributed by atoms with Gasteiger partial charge in [-0.05, 0) is 25.7 Å². The molecule has 20 heavy (non-hydrogen) atoms. The summed E-state index contributed by atoms with van der Waals surface area (Å²) in [6.07, 6.45) is 6.28. The maximum absolute atomic E-state index is 12.2. The summed E-state index contributed by atoms with van der Waals surface area (Å²) in [7, 11) is 3.55. The van der Waals surface area contributed by atoms with E-state index in [-0.39, 0.29) is 17.5 Å². The first-order valence-corrected chi connectivity index (χ1v) is 7.38. The van der Waals surface area contributed by atoms with Crippen molar-refractivity contribution in [3.8, 4) is 0 Å². The molecule has 2 rings (SSSR count). The van der Waals surface area contributed by atoms with Gasteiger partial charge in [0.2, 0.25) is 5.91 Å². The van der Waals surface area contributed by atoms with Crippen molar-refractivity contribution in [3.05, 3.63) is 12.7 Å². The smallest absolute Gasteiger partial charge is 0.319 e. The lowest BCUT2D eigenvalue weighted by atomic mass is 9.79. The second-order valence-electron chi connectivity index (χ2n) is 6.07. The molecule has 5 nitrogen and oxygen atoms in total. The molecular weight excluding hydrogens is 254 g/mol. The minimum Gasteiger partial charge on any atom is -0.332 e. The molecule has 0 aliphatic carbocycles. The summed E-state index contributed by atoms with van der Waals surface area (Å²) in [5.41, 5.74) is -0.173. The van der Waals surface area contributed by atoms with Gasteiger partial charge in [0, 0.05) is 40.2 Å². The van der Waals surface area contributed by atoms with E-state index in [0.29, 0.717) is 19.5 Å². The van der Waals surface area contributed by atoms with Crippen LogP contribution < -0.4 is 0 Å². The molecule has 0 N–H and O–H groups in total. The van der Waals surface area contributed by atoms with Crippen LogP contribution in [0.3, 0.4) is 0 Å². The Labute approximate surface area is 121 Å². The van der Waals surface area contributed by atoms with Crippen LogP contribution in [0.15, 0.2) is 12.7 Å². The Hall–Kier alpha value is -1.52. The fourth-order valence-electron chi connectivity index (χ4n) is 3.51. The Morgan fingerprint density at radius 1 is 1.40 bits per heavy atom. The third kappa shape index (κ3) is 2.67. The van der Waals surface area contributed by atoms with E-state index in [2.05, 4.69) is 6.58 Å². The minimum atomic E-state index is -0.173. The molecule has 0 aromatic carbocycles. The Bertz CT molecular complexity index is 404. The third-order valence-electron chi connectivity index (χ3n) is 4.43. The van der Waals surface area contributed by atoms with E-state index in [0.717, 1.165) is 32.2 Å². The van der Waals surface area contributed by atoms with Crippen molar-refractivity contribution >= 4 is 11.9 Å². The molecular formula is C15H25N3O2. The van der Waals surface area contributed by atoms with Crippen LogP contribution in [-0.2, 0) is 4.79 Å². The molecule has 112 valence electrons. The molecule has 2 heterocycles. The summed E-state index contributed by atoms with van der Waals surface area (Å²) in [4.78, 5) is 29.9. The highest BCUT2D eigenvalue weighted by atomic mass is 16.2. The van der Waals surface area contributed by atoms with E-state index in [9.17, 15) is 9.59 Å². The molecule has 2 aliphatic heterocycles. The summed E-state index contributed by atoms with van der Waals surface area (Å²) in [5, 5.41) is 0. The summed E-state index contributed by atoms with van der Waals surface area (Å²) < 4.78 is 0. The molecule has 0 aromatic heterocycles. The Kier molecular flexibility index (Phi) is 4.35. The number of rotatable bonds is 2. The molecule has 2 saturated heterocycles. The highest BCUT2D eigenvalue weighted by Gasteiger charge is 2.45. The van der Waals surface area contributed by atoms with Crippen LogP contribution in [0.4, 0.5) is 4.79 Å². The second-order valence-corrected chi connectivity index (χ2v) is 6.07. The van der Waals surface area contributed by atoms with Gasteiger partial charge in [0.15, 0.2) is 0 Å². The molecule has 2 fully saturated rings. The molecule has 0 saturated carbocycles. The topological polar surface area (TPSA) is 43.9 Å². The van der Waals surface area contributed by atoms with Crippen molar-refractivity contribution in [3.63, 3.8) is 0 Å². The van der Waals surface area contributed by atoms with Gasteiger partial charge in [-0.3, -0.25) is 4.79 Å². The van der Waals surface area contributed by atoms with Crippen molar-refractivity contribution in [1.82, 2.24) is 14.7 Å². The third-order valence-corrected chi connectivity index (χ3v) is 4.43. The van der Waals surface area contributed by atoms with E-state index in [1.807, 2.05) is 9.80 Å². The van der Waals surface area contributed by atoms with Crippen LogP contribution in [0.25, 0.3) is 0 Å². The van der Waals surface area contributed by atoms with Gasteiger partial charge in [0.05, 0.1) is 5.54 Å². The SMILES string of the molecule is C=CCN1C(=O)CCC[C@]12CCCN(C(=O)N(C)C)C2. The maximum atomic E-state index is 12.2. The van der Waals surface area contributed by atoms with Crippen molar-refractivity contribution in [2.45, 2.75) is 37.6 Å². The largest absolute Gasteiger partial charge is 0.332 e. The lowest BCUT2D eigenvalue weighted by Gasteiger charge is -2.52. The monoisotopic (exact) mass is 279 g/mol. The van der Waals surface area contributed by atoms with Crippen molar-refractivity contribution in [2.24, 2.45) is 0 Å². The first kappa shape index (κ1) is 14.9. The van der Waals surface area contributed by atoms with Gasteiger partial charge in [0.25, 0.3) is 0 Å². The molecule has 0 radical (unpaired) electrons. The molecule has 5 heteroatoms. The number of carbonyl (C=O) groups excluding carboxylic acids is 2. The lowest BCUT2D eigenvalue weighted by Crippen LogP contribution is -2.63. The van der Waals surface area contributed by atoms with Crippen molar-refractivity contribution in [1.29, 1.82) is 0 Å². The van der Waals surface area contributed by atoms with E-state index in [1.54, 1.807) is 25.1 Å². The molecule has 3 amide bonds. The van der Waals surface area contributed by atoms with E-state index in [4.69, 9.17) is 0 Å². The predicted molar refractivity (Wildman–Crippen MR) is 78.4 cm³/mol. The fourth-order valence-corrected chi connectivity index (χ4v) is 3.51. The van der Waals surface area contributed by atoms with Crippen LogP contribution in [-0.4, -0.2) is 65.9 Å². The van der Waals surface area contributed by atoms with Crippen LogP contribution in [0.1, 0.15) is 32.1 Å². The van der Waals surface area contributed by atoms with E-state index >= 15 is 0 Å². The summed E-state index contributed by atoms with van der Waals surface area (Å²) in [6.45, 7) is 5.80. The molecule has 0 unspecified atom stereocenters. The first-order valence-electron chi connectivity index (χ1n) is 7.38. The van der Waals surface area contributed by atoms with Crippen LogP contribution in [0.2, 0.25) is 0 Å². The van der Waals surface area contributed by atoms with Gasteiger partial charge in [0.1, 0.15) is 0 Å². The zero-order chi connectivity index (χ0) is 14.8. The number of urea groups is 1. The minimum absolute atomic E-state index is 0.0423. The lowest BCUT2D eigenvalue weighted by molar-refractivity contribution is -0.143. The van der Waals surface area contributed by atoms with Gasteiger partial charge in [-0.25, -0.2) is 4.79 Å². The molecule has 1 spiro atoms. The van der Waals surface area contributed by atoms with Gasteiger partial charge < -0.3 is 14.7 Å². The predicted octanol–water partition coefficient (Wildman–Crippen LogP) is 1.70. The molecule has 0 aromatic rings. The van der Waals surface area contributed by atoms with Gasteiger partial charge in [-0.1, -0.05) is 6.08 Å². The standard InChI is InChI=1S/C15H25N3O2/c1-4-10-18-13(19)7-5-8-15(18)9-6-11-17(12-15)14(20)16(2)3/h4H,1,5-12H2,2-3H3/t15-/m1/s1. The number of hydrogen-bond donors (Lipinski definition) is 0. The van der Waals surface area contributed by atoms with Gasteiger partial charge >= 0.3 is 6.03 Å². The zero-order valence-corrected chi connectivity index (χ0v) is 12.6. The van der Waals surface area contributed by atoms with Crippen molar-refractivity contribution in [2.75, 3.05) is 33.7 Å². The molecule has 0 bridgehead atoms. The Morgan fingerprint density at radius 2 is 2.10 bits per heavy atom. The van der Waals surface area contributed by atoms with Crippen LogP contribution >= 0.6 is 0 Å². The van der Waals surface area contributed by atoms with Crippen LogP contribution in [0, 0.1) is 0 Å². The fraction of sp³-hybridized carbons (Fsp3) is 0.733.